The second-order valence-corrected chi connectivity index (χ2v) is 19.0. The Kier molecular flexibility index (Phi) is 8.24. The van der Waals surface area contributed by atoms with E-state index in [0.29, 0.717) is 31.3 Å². The zero-order chi connectivity index (χ0) is 38.3. The molecule has 10 aliphatic rings. The standard InChI is InChI=1S/C20H29N3O5.C19H25N3O4/c1-17-4-5-18(10-24)8-11-15(26)16(27)12(22-23-21)9-19(11)6-7-20(18,28-19)13(17)2-3-14(17)25;1-17-5-4-10-8-11-15(24)16(25)12(21-22-20)9-18(11)6-7-19(10,26-18)13(17)2-3-14(17)23/h8,12-16,24-27H,2-7,9-10H2,1H3;4,8,12-16,23-25H,2-3,5-7,9H2,1H3/t12-,13+,14-,15+,16+,17-,18+,19+,20-;12-,13+,14-,15+,16+,17-,18+,19+/m00/s1. The van der Waals surface area contributed by atoms with E-state index >= 15 is 0 Å². The predicted octanol–water partition coefficient (Wildman–Crippen LogP) is 3.69. The number of azide groups is 2. The molecule has 4 aliphatic heterocycles. The van der Waals surface area contributed by atoms with Crippen LogP contribution in [0.2, 0.25) is 0 Å². The normalized spacial score (nSPS) is 55.7. The monoisotopic (exact) mass is 750 g/mol. The second-order valence-electron chi connectivity index (χ2n) is 19.0. The summed E-state index contributed by atoms with van der Waals surface area (Å²) in [6.45, 7) is 4.21. The first kappa shape index (κ1) is 37.1. The van der Waals surface area contributed by atoms with Crippen LogP contribution in [0.15, 0.2) is 45.2 Å². The minimum absolute atomic E-state index is 0.0855. The highest BCUT2D eigenvalue weighted by atomic mass is 16.5. The lowest BCUT2D eigenvalue weighted by Gasteiger charge is -2.63. The molecule has 17 atom stereocenters. The molecule has 5 saturated carbocycles. The van der Waals surface area contributed by atoms with Crippen molar-refractivity contribution < 1.29 is 45.2 Å². The Bertz CT molecular complexity index is 1810. The van der Waals surface area contributed by atoms with Gasteiger partial charge >= 0.3 is 0 Å². The van der Waals surface area contributed by atoms with E-state index in [9.17, 15) is 35.7 Å². The maximum atomic E-state index is 10.9. The maximum absolute atomic E-state index is 10.9. The minimum Gasteiger partial charge on any atom is -0.395 e. The van der Waals surface area contributed by atoms with Crippen LogP contribution in [0.1, 0.15) is 97.3 Å². The lowest BCUT2D eigenvalue weighted by Crippen LogP contribution is -2.67. The number of ether oxygens (including phenoxy) is 2. The van der Waals surface area contributed by atoms with E-state index in [4.69, 9.17) is 20.5 Å². The Labute approximate surface area is 314 Å². The van der Waals surface area contributed by atoms with Crippen molar-refractivity contribution in [2.45, 2.75) is 168 Å². The molecule has 0 aromatic heterocycles. The van der Waals surface area contributed by atoms with Crippen LogP contribution in [0.3, 0.4) is 0 Å². The molecule has 4 bridgehead atoms. The van der Waals surface area contributed by atoms with Crippen molar-refractivity contribution in [1.29, 1.82) is 0 Å². The van der Waals surface area contributed by atoms with Crippen molar-refractivity contribution in [1.82, 2.24) is 0 Å². The van der Waals surface area contributed by atoms with Crippen LogP contribution in [0.5, 0.6) is 0 Å². The molecule has 0 unspecified atom stereocenters. The largest absolute Gasteiger partial charge is 0.395 e. The van der Waals surface area contributed by atoms with E-state index < -0.39 is 64.3 Å². The fourth-order valence-corrected chi connectivity index (χ4v) is 14.1. The Morgan fingerprint density at radius 2 is 1.31 bits per heavy atom. The fourth-order valence-electron chi connectivity index (χ4n) is 14.1. The van der Waals surface area contributed by atoms with Crippen LogP contribution >= 0.6 is 0 Å². The number of allylic oxidation sites excluding steroid dienone is 1. The first-order valence-corrected chi connectivity index (χ1v) is 20.0. The Morgan fingerprint density at radius 3 is 1.96 bits per heavy atom. The van der Waals surface area contributed by atoms with E-state index in [1.54, 1.807) is 0 Å². The van der Waals surface area contributed by atoms with Gasteiger partial charge in [0.15, 0.2) is 0 Å². The van der Waals surface area contributed by atoms with Crippen LogP contribution in [-0.2, 0) is 9.47 Å². The van der Waals surface area contributed by atoms with Gasteiger partial charge < -0.3 is 45.2 Å². The topological polar surface area (TPSA) is 258 Å². The molecule has 0 radical (unpaired) electrons. The summed E-state index contributed by atoms with van der Waals surface area (Å²) in [6, 6.07) is -1.45. The third-order valence-corrected chi connectivity index (χ3v) is 17.1. The van der Waals surface area contributed by atoms with Crippen LogP contribution in [0, 0.1) is 28.1 Å². The van der Waals surface area contributed by atoms with Crippen molar-refractivity contribution >= 4 is 0 Å². The number of hydrogen-bond acceptors (Lipinski definition) is 11. The zero-order valence-corrected chi connectivity index (χ0v) is 31.0. The summed E-state index contributed by atoms with van der Waals surface area (Å²) in [7, 11) is 0. The summed E-state index contributed by atoms with van der Waals surface area (Å²) in [6.07, 6.45) is 10.2. The summed E-state index contributed by atoms with van der Waals surface area (Å²) >= 11 is 0. The molecule has 0 aromatic rings. The lowest BCUT2D eigenvalue weighted by molar-refractivity contribution is -0.250. The van der Waals surface area contributed by atoms with Gasteiger partial charge in [-0.2, -0.15) is 0 Å². The molecule has 10 rings (SSSR count). The van der Waals surface area contributed by atoms with Crippen LogP contribution in [0.25, 0.3) is 20.9 Å². The van der Waals surface area contributed by atoms with Crippen molar-refractivity contribution in [3.8, 4) is 0 Å². The molecule has 54 heavy (non-hydrogen) atoms. The highest BCUT2D eigenvalue weighted by Crippen LogP contribution is 2.72. The third-order valence-electron chi connectivity index (χ3n) is 17.1. The van der Waals surface area contributed by atoms with Gasteiger partial charge in [0, 0.05) is 26.6 Å². The van der Waals surface area contributed by atoms with E-state index in [-0.39, 0.29) is 41.5 Å². The summed E-state index contributed by atoms with van der Waals surface area (Å²) < 4.78 is 13.7. The van der Waals surface area contributed by atoms with E-state index in [1.165, 1.54) is 0 Å². The van der Waals surface area contributed by atoms with Gasteiger partial charge in [-0.15, -0.1) is 0 Å². The van der Waals surface area contributed by atoms with E-state index in [1.807, 2.05) is 12.2 Å². The van der Waals surface area contributed by atoms with Crippen LogP contribution < -0.4 is 0 Å². The van der Waals surface area contributed by atoms with Crippen molar-refractivity contribution in [3.05, 3.63) is 55.8 Å². The number of aliphatic hydroxyl groups excluding tert-OH is 7. The molecule has 15 heteroatoms. The summed E-state index contributed by atoms with van der Waals surface area (Å²) in [4.78, 5) is 5.70. The van der Waals surface area contributed by atoms with Crippen LogP contribution in [-0.4, -0.2) is 113 Å². The van der Waals surface area contributed by atoms with Gasteiger partial charge in [-0.1, -0.05) is 42.3 Å². The van der Waals surface area contributed by atoms with Gasteiger partial charge in [0.25, 0.3) is 0 Å². The molecule has 7 fully saturated rings. The quantitative estimate of drug-likeness (QED) is 0.0959. The molecule has 4 spiro atoms. The van der Waals surface area contributed by atoms with Crippen molar-refractivity contribution in [2.24, 2.45) is 38.3 Å². The molecule has 294 valence electrons. The van der Waals surface area contributed by atoms with Gasteiger partial charge in [0.05, 0.1) is 65.5 Å². The Hall–Kier alpha value is -2.52. The smallest absolute Gasteiger partial charge is 0.104 e. The van der Waals surface area contributed by atoms with Gasteiger partial charge in [0.2, 0.25) is 0 Å². The average Bonchev–Trinajstić information content (AvgIpc) is 3.85. The molecule has 0 aromatic carbocycles. The minimum atomic E-state index is -1.18. The lowest BCUT2D eigenvalue weighted by atomic mass is 9.50. The zero-order valence-electron chi connectivity index (χ0n) is 31.0. The molecule has 15 nitrogen and oxygen atoms in total. The first-order chi connectivity index (χ1) is 25.6. The molecule has 4 heterocycles. The van der Waals surface area contributed by atoms with E-state index in [0.717, 1.165) is 68.9 Å². The highest BCUT2D eigenvalue weighted by Gasteiger charge is 2.74. The molecular weight excluding hydrogens is 696 g/mol. The summed E-state index contributed by atoms with van der Waals surface area (Å²) in [5.74, 6) is 0.360. The number of hydrogen-bond donors (Lipinski definition) is 7. The molecule has 6 aliphatic carbocycles. The molecule has 0 amide bonds. The van der Waals surface area contributed by atoms with Gasteiger partial charge in [-0.05, 0) is 123 Å². The SMILES string of the molecule is C[C@]12CC=C3C=C4[C@@H](O)[C@H](O)[C@@H](N=[N+]=[N-])C[C@]45CC[C@]3(O5)[C@@H]1CC[C@@H]2O.C[C@]12CC[C@]3(CO)C=C4[C@@H](O)[C@H](O)[C@@H](N=[N+]=[N-])C[C@]45CC[C@]3(O5)[C@@H]1CC[C@@H]2O. The first-order valence-electron chi connectivity index (χ1n) is 20.0. The molecular formula is C39H54N6O9. The van der Waals surface area contributed by atoms with Gasteiger partial charge in [-0.25, -0.2) is 0 Å². The average molecular weight is 751 g/mol. The van der Waals surface area contributed by atoms with Gasteiger partial charge in [-0.3, -0.25) is 0 Å². The predicted molar refractivity (Wildman–Crippen MR) is 192 cm³/mol. The maximum Gasteiger partial charge on any atom is 0.104 e. The number of nitrogens with zero attached hydrogens (tertiary/aromatic N) is 6. The summed E-state index contributed by atoms with van der Waals surface area (Å²) in [5, 5.41) is 81.7. The summed E-state index contributed by atoms with van der Waals surface area (Å²) in [5.41, 5.74) is 16.6. The fraction of sp³-hybridized carbons (Fsp3) is 0.846. The number of fused-ring (bicyclic) bond motifs is 2. The van der Waals surface area contributed by atoms with Crippen LogP contribution in [0.4, 0.5) is 0 Å². The third kappa shape index (κ3) is 4.46. The molecule has 2 saturated heterocycles. The van der Waals surface area contributed by atoms with Crippen molar-refractivity contribution in [3.63, 3.8) is 0 Å². The Morgan fingerprint density at radius 1 is 0.722 bits per heavy atom. The van der Waals surface area contributed by atoms with Gasteiger partial charge in [0.1, 0.15) is 12.2 Å². The number of rotatable bonds is 3. The van der Waals surface area contributed by atoms with E-state index in [2.05, 4.69) is 40.0 Å². The number of aliphatic hydroxyl groups is 7. The van der Waals surface area contributed by atoms with Crippen molar-refractivity contribution in [2.75, 3.05) is 6.61 Å². The molecule has 7 N–H and O–H groups in total. The Balaban J connectivity index is 0.000000143. The second kappa shape index (κ2) is 12.0. The highest BCUT2D eigenvalue weighted by molar-refractivity contribution is 5.49.